The number of hydrogen-bond acceptors (Lipinski definition) is 1. The van der Waals surface area contributed by atoms with Gasteiger partial charge in [-0.05, 0) is 49.0 Å². The monoisotopic (exact) mass is 220 g/mol. The van der Waals surface area contributed by atoms with Crippen LogP contribution in [0.25, 0.3) is 0 Å². The van der Waals surface area contributed by atoms with Gasteiger partial charge in [-0.2, -0.15) is 11.8 Å². The van der Waals surface area contributed by atoms with Crippen LogP contribution in [0.5, 0.6) is 0 Å². The van der Waals surface area contributed by atoms with Gasteiger partial charge in [-0.25, -0.2) is 0 Å². The van der Waals surface area contributed by atoms with Crippen LogP contribution in [0.1, 0.15) is 39.0 Å². The minimum Gasteiger partial charge on any atom is -0.162 e. The summed E-state index contributed by atoms with van der Waals surface area (Å²) in [5.41, 5.74) is 0. The van der Waals surface area contributed by atoms with Crippen molar-refractivity contribution in [3.63, 3.8) is 0 Å². The van der Waals surface area contributed by atoms with Gasteiger partial charge in [-0.1, -0.05) is 13.3 Å². The third-order valence-corrected chi connectivity index (χ3v) is 4.53. The fraction of sp³-hybridized carbons (Fsp3) is 1.00. The predicted molar refractivity (Wildman–Crippen MR) is 63.8 cm³/mol. The van der Waals surface area contributed by atoms with Gasteiger partial charge in [0.15, 0.2) is 0 Å². The molecule has 0 aliphatic carbocycles. The Labute approximate surface area is 91.8 Å². The van der Waals surface area contributed by atoms with Crippen LogP contribution in [0, 0.1) is 11.8 Å². The quantitative estimate of drug-likeness (QED) is 0.641. The van der Waals surface area contributed by atoms with E-state index in [9.17, 15) is 0 Å². The van der Waals surface area contributed by atoms with Crippen LogP contribution in [0.2, 0.25) is 0 Å². The van der Waals surface area contributed by atoms with Gasteiger partial charge in [-0.3, -0.25) is 0 Å². The summed E-state index contributed by atoms with van der Waals surface area (Å²) in [5.74, 6) is 5.33. The van der Waals surface area contributed by atoms with Gasteiger partial charge < -0.3 is 0 Å². The predicted octanol–water partition coefficient (Wildman–Crippen LogP) is 4.17. The molecule has 1 aliphatic rings. The third kappa shape index (κ3) is 5.17. The Bertz CT molecular complexity index is 119. The van der Waals surface area contributed by atoms with E-state index < -0.39 is 0 Å². The minimum absolute atomic E-state index is 0.720. The van der Waals surface area contributed by atoms with E-state index in [1.54, 1.807) is 0 Å². The van der Waals surface area contributed by atoms with Crippen molar-refractivity contribution in [2.24, 2.45) is 11.8 Å². The molecule has 0 radical (unpaired) electrons. The van der Waals surface area contributed by atoms with E-state index >= 15 is 0 Å². The van der Waals surface area contributed by atoms with E-state index in [1.165, 1.54) is 43.6 Å². The van der Waals surface area contributed by atoms with Crippen LogP contribution in [-0.2, 0) is 0 Å². The Hall–Kier alpha value is 0.640. The second-order valence-corrected chi connectivity index (χ2v) is 5.78. The number of rotatable bonds is 4. The molecule has 2 atom stereocenters. The second-order valence-electron chi connectivity index (χ2n) is 4.25. The highest BCUT2D eigenvalue weighted by molar-refractivity contribution is 7.99. The lowest BCUT2D eigenvalue weighted by atomic mass is 9.92. The normalized spacial score (nSPS) is 26.8. The van der Waals surface area contributed by atoms with Gasteiger partial charge in [0, 0.05) is 5.88 Å². The van der Waals surface area contributed by atoms with Crippen LogP contribution in [-0.4, -0.2) is 17.4 Å². The number of halogens is 1. The molecule has 0 N–H and O–H groups in total. The highest BCUT2D eigenvalue weighted by Gasteiger charge is 2.13. The van der Waals surface area contributed by atoms with Gasteiger partial charge in [-0.15, -0.1) is 11.6 Å². The molecule has 78 valence electrons. The van der Waals surface area contributed by atoms with E-state index in [1.807, 2.05) is 0 Å². The largest absolute Gasteiger partial charge is 0.162 e. The van der Waals surface area contributed by atoms with Crippen molar-refractivity contribution in [2.45, 2.75) is 39.0 Å². The van der Waals surface area contributed by atoms with E-state index in [2.05, 4.69) is 18.7 Å². The highest BCUT2D eigenvalue weighted by atomic mass is 35.5. The van der Waals surface area contributed by atoms with Crippen LogP contribution in [0.3, 0.4) is 0 Å². The zero-order valence-corrected chi connectivity index (χ0v) is 10.2. The van der Waals surface area contributed by atoms with E-state index in [0.29, 0.717) is 0 Å². The van der Waals surface area contributed by atoms with Crippen LogP contribution < -0.4 is 0 Å². The van der Waals surface area contributed by atoms with Gasteiger partial charge in [0.25, 0.3) is 0 Å². The Morgan fingerprint density at radius 1 is 1.38 bits per heavy atom. The molecule has 0 bridgehead atoms. The van der Waals surface area contributed by atoms with Crippen molar-refractivity contribution < 1.29 is 0 Å². The van der Waals surface area contributed by atoms with Crippen molar-refractivity contribution in [1.82, 2.24) is 0 Å². The Kier molecular flexibility index (Phi) is 6.31. The minimum atomic E-state index is 0.720. The van der Waals surface area contributed by atoms with E-state index in [4.69, 9.17) is 11.6 Å². The van der Waals surface area contributed by atoms with Gasteiger partial charge >= 0.3 is 0 Å². The van der Waals surface area contributed by atoms with Crippen molar-refractivity contribution in [3.05, 3.63) is 0 Å². The molecule has 1 aliphatic heterocycles. The summed E-state index contributed by atoms with van der Waals surface area (Å²) in [6.07, 6.45) is 7.08. The SMILES string of the molecule is C[C@H](CCl)CC[C@@H]1CCCSCC1. The van der Waals surface area contributed by atoms with Crippen molar-refractivity contribution in [2.75, 3.05) is 17.4 Å². The maximum atomic E-state index is 5.80. The molecule has 2 heteroatoms. The van der Waals surface area contributed by atoms with Crippen LogP contribution in [0.15, 0.2) is 0 Å². The number of hydrogen-bond donors (Lipinski definition) is 0. The number of alkyl halides is 1. The van der Waals surface area contributed by atoms with E-state index in [0.717, 1.165) is 17.7 Å². The van der Waals surface area contributed by atoms with Crippen molar-refractivity contribution in [1.29, 1.82) is 0 Å². The first-order valence-corrected chi connectivity index (χ1v) is 7.15. The second kappa shape index (κ2) is 7.00. The lowest BCUT2D eigenvalue weighted by molar-refractivity contribution is 0.396. The van der Waals surface area contributed by atoms with Crippen molar-refractivity contribution in [3.8, 4) is 0 Å². The van der Waals surface area contributed by atoms with Gasteiger partial charge in [0.1, 0.15) is 0 Å². The summed E-state index contributed by atoms with van der Waals surface area (Å²) in [6, 6.07) is 0. The Morgan fingerprint density at radius 3 is 3.00 bits per heavy atom. The fourth-order valence-electron chi connectivity index (χ4n) is 1.86. The summed E-state index contributed by atoms with van der Waals surface area (Å²) < 4.78 is 0. The smallest absolute Gasteiger partial charge is 0.0249 e. The topological polar surface area (TPSA) is 0 Å². The molecule has 1 heterocycles. The Morgan fingerprint density at radius 2 is 2.23 bits per heavy atom. The molecule has 0 aromatic heterocycles. The molecule has 0 spiro atoms. The molecule has 0 aromatic carbocycles. The molecular weight excluding hydrogens is 200 g/mol. The Balaban J connectivity index is 2.11. The molecule has 0 unspecified atom stereocenters. The highest BCUT2D eigenvalue weighted by Crippen LogP contribution is 2.27. The molecule has 0 amide bonds. The molecule has 1 rings (SSSR count). The summed E-state index contributed by atoms with van der Waals surface area (Å²) in [4.78, 5) is 0. The maximum Gasteiger partial charge on any atom is 0.0249 e. The summed E-state index contributed by atoms with van der Waals surface area (Å²) in [6.45, 7) is 2.26. The van der Waals surface area contributed by atoms with Crippen LogP contribution >= 0.6 is 23.4 Å². The third-order valence-electron chi connectivity index (χ3n) is 2.90. The molecule has 13 heavy (non-hydrogen) atoms. The standard InChI is InChI=1S/C11H21ClS/c1-10(9-12)4-5-11-3-2-7-13-8-6-11/h10-11H,2-9H2,1H3/t10-,11-/m0/s1. The first kappa shape index (κ1) is 11.7. The molecule has 1 saturated heterocycles. The summed E-state index contributed by atoms with van der Waals surface area (Å²) >= 11 is 7.93. The first-order valence-electron chi connectivity index (χ1n) is 5.46. The maximum absolute atomic E-state index is 5.80. The van der Waals surface area contributed by atoms with Gasteiger partial charge in [0.05, 0.1) is 0 Å². The molecular formula is C11H21ClS. The van der Waals surface area contributed by atoms with Gasteiger partial charge in [0.2, 0.25) is 0 Å². The zero-order valence-electron chi connectivity index (χ0n) is 8.60. The summed E-state index contributed by atoms with van der Waals surface area (Å²) in [5, 5.41) is 0. The molecule has 1 fully saturated rings. The molecule has 0 nitrogen and oxygen atoms in total. The summed E-state index contributed by atoms with van der Waals surface area (Å²) in [7, 11) is 0. The molecule has 0 aromatic rings. The lowest BCUT2D eigenvalue weighted by Crippen LogP contribution is -2.04. The zero-order chi connectivity index (χ0) is 9.52. The fourth-order valence-corrected chi connectivity index (χ4v) is 3.09. The number of thioether (sulfide) groups is 1. The molecule has 0 saturated carbocycles. The lowest BCUT2D eigenvalue weighted by Gasteiger charge is -2.15. The average Bonchev–Trinajstić information content (AvgIpc) is 2.42. The van der Waals surface area contributed by atoms with Crippen molar-refractivity contribution >= 4 is 23.4 Å². The van der Waals surface area contributed by atoms with E-state index in [-0.39, 0.29) is 0 Å². The van der Waals surface area contributed by atoms with Crippen LogP contribution in [0.4, 0.5) is 0 Å². The first-order chi connectivity index (χ1) is 6.33. The average molecular weight is 221 g/mol.